The molecule has 3 aromatic carbocycles. The van der Waals surface area contributed by atoms with Crippen molar-refractivity contribution in [2.24, 2.45) is 0 Å². The minimum absolute atomic E-state index is 0.00319. The van der Waals surface area contributed by atoms with Gasteiger partial charge in [-0.25, -0.2) is 8.42 Å². The number of hydrogen-bond acceptors (Lipinski definition) is 6. The van der Waals surface area contributed by atoms with Crippen LogP contribution in [0.1, 0.15) is 32.3 Å². The first kappa shape index (κ1) is 31.8. The van der Waals surface area contributed by atoms with Gasteiger partial charge in [0.25, 0.3) is 10.0 Å². The highest BCUT2D eigenvalue weighted by atomic mass is 35.5. The number of carbonyl (C=O) groups excluding carboxylic acids is 2. The van der Waals surface area contributed by atoms with E-state index in [1.165, 1.54) is 43.4 Å². The number of hydrogen-bond donors (Lipinski definition) is 1. The van der Waals surface area contributed by atoms with E-state index in [0.29, 0.717) is 22.9 Å². The maximum atomic E-state index is 14.0. The number of anilines is 1. The predicted molar refractivity (Wildman–Crippen MR) is 160 cm³/mol. The number of methoxy groups -OCH3 is 2. The lowest BCUT2D eigenvalue weighted by atomic mass is 10.1. The topological polar surface area (TPSA) is 105 Å². The number of para-hydroxylation sites is 2. The van der Waals surface area contributed by atoms with Crippen LogP contribution in [-0.2, 0) is 26.2 Å². The molecule has 1 atom stereocenters. The van der Waals surface area contributed by atoms with Crippen LogP contribution in [0.25, 0.3) is 0 Å². The van der Waals surface area contributed by atoms with E-state index >= 15 is 0 Å². The van der Waals surface area contributed by atoms with Crippen molar-refractivity contribution in [2.75, 3.05) is 31.6 Å². The molecule has 0 aliphatic rings. The summed E-state index contributed by atoms with van der Waals surface area (Å²) < 4.78 is 39.6. The van der Waals surface area contributed by atoms with Crippen LogP contribution in [0.15, 0.2) is 77.7 Å². The van der Waals surface area contributed by atoms with Gasteiger partial charge in [0.2, 0.25) is 11.8 Å². The van der Waals surface area contributed by atoms with E-state index in [1.807, 2.05) is 6.92 Å². The van der Waals surface area contributed by atoms with Gasteiger partial charge in [-0.1, -0.05) is 55.3 Å². The molecule has 0 spiro atoms. The van der Waals surface area contributed by atoms with Crippen LogP contribution in [-0.4, -0.2) is 58.5 Å². The minimum Gasteiger partial charge on any atom is -0.497 e. The molecule has 3 aromatic rings. The molecule has 1 N–H and O–H groups in total. The molecule has 3 rings (SSSR count). The Morgan fingerprint density at radius 1 is 0.951 bits per heavy atom. The smallest absolute Gasteiger partial charge is 0.264 e. The summed E-state index contributed by atoms with van der Waals surface area (Å²) in [7, 11) is -1.36. The number of sulfonamides is 1. The number of benzene rings is 3. The Labute approximate surface area is 247 Å². The maximum absolute atomic E-state index is 14.0. The molecule has 0 aliphatic heterocycles. The molecule has 0 heterocycles. The number of ether oxygens (including phenoxy) is 2. The van der Waals surface area contributed by atoms with Gasteiger partial charge < -0.3 is 19.7 Å². The molecule has 11 heteroatoms. The summed E-state index contributed by atoms with van der Waals surface area (Å²) in [4.78, 5) is 28.4. The first-order valence-electron chi connectivity index (χ1n) is 13.2. The van der Waals surface area contributed by atoms with Crippen molar-refractivity contribution in [1.29, 1.82) is 0 Å². The fourth-order valence-electron chi connectivity index (χ4n) is 4.15. The molecule has 1 unspecified atom stereocenters. The van der Waals surface area contributed by atoms with E-state index in [0.717, 1.165) is 17.1 Å². The first-order chi connectivity index (χ1) is 19.6. The molecule has 0 saturated carbocycles. The summed E-state index contributed by atoms with van der Waals surface area (Å²) in [5.74, 6) is -0.190. The van der Waals surface area contributed by atoms with E-state index in [9.17, 15) is 18.0 Å². The van der Waals surface area contributed by atoms with Gasteiger partial charge in [-0.05, 0) is 61.4 Å². The second-order valence-corrected chi connectivity index (χ2v) is 11.6. The normalized spacial score (nSPS) is 11.8. The molecular weight excluding hydrogens is 566 g/mol. The summed E-state index contributed by atoms with van der Waals surface area (Å²) >= 11 is 6.41. The average molecular weight is 602 g/mol. The summed E-state index contributed by atoms with van der Waals surface area (Å²) in [5.41, 5.74) is 0.800. The van der Waals surface area contributed by atoms with Gasteiger partial charge >= 0.3 is 0 Å². The number of nitrogens with one attached hydrogen (secondary N) is 1. The van der Waals surface area contributed by atoms with Crippen LogP contribution in [0.4, 0.5) is 5.69 Å². The predicted octanol–water partition coefficient (Wildman–Crippen LogP) is 4.89. The van der Waals surface area contributed by atoms with Gasteiger partial charge in [-0.15, -0.1) is 0 Å². The lowest BCUT2D eigenvalue weighted by Crippen LogP contribution is -2.51. The Hall–Kier alpha value is -3.76. The van der Waals surface area contributed by atoms with E-state index in [2.05, 4.69) is 5.32 Å². The Balaban J connectivity index is 2.05. The number of nitrogens with zero attached hydrogens (tertiary/aromatic N) is 2. The fraction of sp³-hybridized carbons (Fsp3) is 0.333. The Morgan fingerprint density at radius 3 is 2.24 bits per heavy atom. The van der Waals surface area contributed by atoms with Gasteiger partial charge in [0.1, 0.15) is 24.1 Å². The molecule has 0 bridgehead atoms. The minimum atomic E-state index is -4.26. The number of carbonyl (C=O) groups is 2. The number of halogens is 1. The molecule has 0 fully saturated rings. The zero-order valence-electron chi connectivity index (χ0n) is 23.7. The van der Waals surface area contributed by atoms with Crippen molar-refractivity contribution in [3.05, 3.63) is 83.4 Å². The molecule has 0 aromatic heterocycles. The first-order valence-corrected chi connectivity index (χ1v) is 15.1. The lowest BCUT2D eigenvalue weighted by Gasteiger charge is -2.32. The van der Waals surface area contributed by atoms with Crippen LogP contribution in [0.2, 0.25) is 5.02 Å². The van der Waals surface area contributed by atoms with Gasteiger partial charge in [-0.2, -0.15) is 0 Å². The third kappa shape index (κ3) is 7.92. The van der Waals surface area contributed by atoms with Crippen LogP contribution >= 0.6 is 11.6 Å². The number of rotatable bonds is 14. The largest absolute Gasteiger partial charge is 0.497 e. The zero-order chi connectivity index (χ0) is 30.0. The molecule has 2 amide bonds. The van der Waals surface area contributed by atoms with Crippen molar-refractivity contribution in [3.8, 4) is 11.5 Å². The highest BCUT2D eigenvalue weighted by molar-refractivity contribution is 7.92. The fourth-order valence-corrected chi connectivity index (χ4v) is 5.77. The monoisotopic (exact) mass is 601 g/mol. The molecule has 9 nitrogen and oxygen atoms in total. The van der Waals surface area contributed by atoms with E-state index in [-0.39, 0.29) is 28.8 Å². The third-order valence-corrected chi connectivity index (χ3v) is 8.72. The maximum Gasteiger partial charge on any atom is 0.264 e. The van der Waals surface area contributed by atoms with Gasteiger partial charge in [-0.3, -0.25) is 13.9 Å². The van der Waals surface area contributed by atoms with E-state index < -0.39 is 28.5 Å². The van der Waals surface area contributed by atoms with Gasteiger partial charge in [0, 0.05) is 18.1 Å². The van der Waals surface area contributed by atoms with E-state index in [4.69, 9.17) is 21.1 Å². The summed E-state index contributed by atoms with van der Waals surface area (Å²) in [6.45, 7) is 3.50. The highest BCUT2D eigenvalue weighted by Crippen LogP contribution is 2.33. The molecule has 0 radical (unpaired) electrons. The molecule has 220 valence electrons. The van der Waals surface area contributed by atoms with Crippen molar-refractivity contribution in [2.45, 2.75) is 44.2 Å². The highest BCUT2D eigenvalue weighted by Gasteiger charge is 2.34. The van der Waals surface area contributed by atoms with Crippen LogP contribution in [0, 0.1) is 0 Å². The molecular formula is C30H36ClN3O6S. The SMILES string of the molecule is CCCCNC(=O)C(C)N(Cc1ccccc1Cl)C(=O)CN(c1ccccc1OC)S(=O)(=O)c1ccc(OC)cc1. The lowest BCUT2D eigenvalue weighted by molar-refractivity contribution is -0.139. The summed E-state index contributed by atoms with van der Waals surface area (Å²) in [6.07, 6.45) is 1.69. The third-order valence-electron chi connectivity index (χ3n) is 6.58. The standard InChI is InChI=1S/C30H36ClN3O6S/c1-5-6-19-32-30(36)22(2)33(20-23-11-7-8-12-26(23)31)29(35)21-34(27-13-9-10-14-28(27)40-4)41(37,38)25-17-15-24(39-3)16-18-25/h7-18,22H,5-6,19-21H2,1-4H3,(H,32,36). The zero-order valence-corrected chi connectivity index (χ0v) is 25.2. The molecule has 0 saturated heterocycles. The van der Waals surface area contributed by atoms with Crippen LogP contribution in [0.3, 0.4) is 0 Å². The Kier molecular flexibility index (Phi) is 11.4. The second kappa shape index (κ2) is 14.7. The summed E-state index contributed by atoms with van der Waals surface area (Å²) in [5, 5.41) is 3.29. The van der Waals surface area contributed by atoms with Crippen LogP contribution < -0.4 is 19.1 Å². The molecule has 41 heavy (non-hydrogen) atoms. The van der Waals surface area contributed by atoms with Crippen molar-refractivity contribution in [3.63, 3.8) is 0 Å². The Bertz CT molecular complexity index is 1430. The quantitative estimate of drug-likeness (QED) is 0.264. The number of amides is 2. The van der Waals surface area contributed by atoms with Crippen molar-refractivity contribution < 1.29 is 27.5 Å². The van der Waals surface area contributed by atoms with Crippen LogP contribution in [0.5, 0.6) is 11.5 Å². The summed E-state index contributed by atoms with van der Waals surface area (Å²) in [6, 6.07) is 18.5. The second-order valence-electron chi connectivity index (χ2n) is 9.29. The van der Waals surface area contributed by atoms with Crippen molar-refractivity contribution >= 4 is 39.1 Å². The molecule has 0 aliphatic carbocycles. The average Bonchev–Trinajstić information content (AvgIpc) is 2.99. The number of unbranched alkanes of at least 4 members (excludes halogenated alkanes) is 1. The van der Waals surface area contributed by atoms with Gasteiger partial charge in [0.15, 0.2) is 0 Å². The van der Waals surface area contributed by atoms with Gasteiger partial charge in [0.05, 0.1) is 24.8 Å². The van der Waals surface area contributed by atoms with Crippen molar-refractivity contribution in [1.82, 2.24) is 10.2 Å². The Morgan fingerprint density at radius 2 is 1.61 bits per heavy atom. The van der Waals surface area contributed by atoms with E-state index in [1.54, 1.807) is 55.5 Å².